The van der Waals surface area contributed by atoms with Gasteiger partial charge in [0, 0.05) is 36.6 Å². The van der Waals surface area contributed by atoms with Crippen LogP contribution >= 0.6 is 0 Å². The summed E-state index contributed by atoms with van der Waals surface area (Å²) in [5.41, 5.74) is 3.41. The summed E-state index contributed by atoms with van der Waals surface area (Å²) in [6.07, 6.45) is 0. The van der Waals surface area contributed by atoms with Crippen molar-refractivity contribution in [2.75, 3.05) is 28.6 Å². The Labute approximate surface area is 159 Å². The molecule has 142 valence electrons. The van der Waals surface area contributed by atoms with E-state index in [9.17, 15) is 0 Å². The van der Waals surface area contributed by atoms with Crippen molar-refractivity contribution in [3.05, 3.63) is 47.5 Å². The minimum Gasteiger partial charge on any atom is -0.372 e. The van der Waals surface area contributed by atoms with Crippen molar-refractivity contribution in [1.29, 1.82) is 0 Å². The van der Waals surface area contributed by atoms with Gasteiger partial charge in [-0.3, -0.25) is 0 Å². The van der Waals surface area contributed by atoms with Crippen molar-refractivity contribution in [3.63, 3.8) is 0 Å². The number of benzene rings is 1. The molecule has 0 atom stereocenters. The lowest BCUT2D eigenvalue weighted by molar-refractivity contribution is 0.400. The fraction of sp³-hybridized carbons (Fsp3) is 0.350. The molecule has 0 spiro atoms. The standard InChI is InChI=1S/C20H26N6O/c1-6-26(7-2)16-8-9-17(13(3)10-16)23-18-12-19(22-15(5)21-18)24-20-11-14(4)27-25-20/h8-12H,6-7H2,1-5H3,(H2,21,22,23,24,25). The van der Waals surface area contributed by atoms with Gasteiger partial charge in [0.15, 0.2) is 5.82 Å². The molecule has 2 N–H and O–H groups in total. The van der Waals surface area contributed by atoms with Gasteiger partial charge in [0.1, 0.15) is 23.2 Å². The lowest BCUT2D eigenvalue weighted by Gasteiger charge is -2.22. The van der Waals surface area contributed by atoms with Crippen LogP contribution in [0.15, 0.2) is 34.9 Å². The van der Waals surface area contributed by atoms with Gasteiger partial charge in [0.25, 0.3) is 0 Å². The molecule has 3 rings (SSSR count). The summed E-state index contributed by atoms with van der Waals surface area (Å²) in [6.45, 7) is 12.1. The topological polar surface area (TPSA) is 79.1 Å². The molecule has 2 aromatic heterocycles. The largest absolute Gasteiger partial charge is 0.372 e. The number of hydrogen-bond donors (Lipinski definition) is 2. The van der Waals surface area contributed by atoms with Crippen LogP contribution in [-0.2, 0) is 0 Å². The smallest absolute Gasteiger partial charge is 0.175 e. The molecule has 0 aliphatic heterocycles. The third-order valence-corrected chi connectivity index (χ3v) is 4.32. The maximum absolute atomic E-state index is 5.08. The van der Waals surface area contributed by atoms with Gasteiger partial charge >= 0.3 is 0 Å². The first-order chi connectivity index (χ1) is 13.0. The van der Waals surface area contributed by atoms with Crippen molar-refractivity contribution in [2.24, 2.45) is 0 Å². The van der Waals surface area contributed by atoms with Crippen molar-refractivity contribution in [2.45, 2.75) is 34.6 Å². The van der Waals surface area contributed by atoms with E-state index in [1.54, 1.807) is 0 Å². The van der Waals surface area contributed by atoms with E-state index in [0.717, 1.165) is 35.9 Å². The first kappa shape index (κ1) is 18.7. The molecule has 0 aliphatic rings. The Morgan fingerprint density at radius 1 is 0.889 bits per heavy atom. The summed E-state index contributed by atoms with van der Waals surface area (Å²) in [4.78, 5) is 11.2. The van der Waals surface area contributed by atoms with Crippen molar-refractivity contribution in [3.8, 4) is 0 Å². The van der Waals surface area contributed by atoms with Crippen LogP contribution in [0.3, 0.4) is 0 Å². The first-order valence-electron chi connectivity index (χ1n) is 9.17. The Hall–Kier alpha value is -3.09. The number of hydrogen-bond acceptors (Lipinski definition) is 7. The molecule has 0 aliphatic carbocycles. The van der Waals surface area contributed by atoms with Gasteiger partial charge in [0.2, 0.25) is 0 Å². The second-order valence-electron chi connectivity index (χ2n) is 6.43. The quantitative estimate of drug-likeness (QED) is 0.626. The monoisotopic (exact) mass is 366 g/mol. The summed E-state index contributed by atoms with van der Waals surface area (Å²) in [7, 11) is 0. The highest BCUT2D eigenvalue weighted by Gasteiger charge is 2.09. The summed E-state index contributed by atoms with van der Waals surface area (Å²) >= 11 is 0. The van der Waals surface area contributed by atoms with Crippen LogP contribution in [0.1, 0.15) is 31.0 Å². The van der Waals surface area contributed by atoms with Gasteiger partial charge in [0.05, 0.1) is 0 Å². The maximum atomic E-state index is 5.08. The zero-order valence-corrected chi connectivity index (χ0v) is 16.5. The van der Waals surface area contributed by atoms with Crippen molar-refractivity contribution < 1.29 is 4.52 Å². The molecular formula is C20H26N6O. The molecule has 0 fully saturated rings. The molecule has 3 aromatic rings. The average Bonchev–Trinajstić information content (AvgIpc) is 3.02. The first-order valence-corrected chi connectivity index (χ1v) is 9.17. The third kappa shape index (κ3) is 4.55. The summed E-state index contributed by atoms with van der Waals surface area (Å²) < 4.78 is 5.08. The van der Waals surface area contributed by atoms with Crippen molar-refractivity contribution in [1.82, 2.24) is 15.1 Å². The van der Waals surface area contributed by atoms with E-state index in [1.165, 1.54) is 5.69 Å². The highest BCUT2D eigenvalue weighted by atomic mass is 16.5. The lowest BCUT2D eigenvalue weighted by Crippen LogP contribution is -2.21. The highest BCUT2D eigenvalue weighted by molar-refractivity contribution is 5.67. The number of aromatic nitrogens is 3. The Morgan fingerprint density at radius 3 is 2.19 bits per heavy atom. The van der Waals surface area contributed by atoms with E-state index in [2.05, 4.69) is 69.6 Å². The van der Waals surface area contributed by atoms with Crippen LogP contribution in [-0.4, -0.2) is 28.2 Å². The Morgan fingerprint density at radius 2 is 1.59 bits per heavy atom. The molecule has 27 heavy (non-hydrogen) atoms. The molecule has 0 radical (unpaired) electrons. The van der Waals surface area contributed by atoms with Crippen LogP contribution in [0.25, 0.3) is 0 Å². The maximum Gasteiger partial charge on any atom is 0.175 e. The molecule has 0 saturated carbocycles. The van der Waals surface area contributed by atoms with Gasteiger partial charge < -0.3 is 20.1 Å². The normalized spacial score (nSPS) is 10.7. The predicted molar refractivity (Wildman–Crippen MR) is 109 cm³/mol. The van der Waals surface area contributed by atoms with Crippen LogP contribution < -0.4 is 15.5 Å². The molecule has 0 saturated heterocycles. The van der Waals surface area contributed by atoms with E-state index < -0.39 is 0 Å². The molecule has 1 aromatic carbocycles. The van der Waals surface area contributed by atoms with Gasteiger partial charge in [-0.2, -0.15) is 0 Å². The Kier molecular flexibility index (Phi) is 5.59. The Balaban J connectivity index is 1.81. The molecule has 0 unspecified atom stereocenters. The molecule has 0 amide bonds. The zero-order chi connectivity index (χ0) is 19.4. The van der Waals surface area contributed by atoms with E-state index in [1.807, 2.05) is 26.0 Å². The lowest BCUT2D eigenvalue weighted by atomic mass is 10.1. The van der Waals surface area contributed by atoms with E-state index in [0.29, 0.717) is 17.5 Å². The van der Waals surface area contributed by atoms with Gasteiger partial charge in [-0.15, -0.1) is 0 Å². The van der Waals surface area contributed by atoms with E-state index >= 15 is 0 Å². The second kappa shape index (κ2) is 8.07. The van der Waals surface area contributed by atoms with Gasteiger partial charge in [-0.1, -0.05) is 5.16 Å². The average molecular weight is 366 g/mol. The van der Waals surface area contributed by atoms with E-state index in [-0.39, 0.29) is 0 Å². The van der Waals surface area contributed by atoms with Crippen LogP contribution in [0, 0.1) is 20.8 Å². The second-order valence-corrected chi connectivity index (χ2v) is 6.43. The number of anilines is 5. The fourth-order valence-electron chi connectivity index (χ4n) is 2.96. The summed E-state index contributed by atoms with van der Waals surface area (Å²) in [5.74, 6) is 3.42. The minimum atomic E-state index is 0.622. The number of rotatable bonds is 7. The summed E-state index contributed by atoms with van der Waals surface area (Å²) in [5, 5.41) is 10.5. The van der Waals surface area contributed by atoms with Gasteiger partial charge in [-0.25, -0.2) is 9.97 Å². The van der Waals surface area contributed by atoms with Crippen LogP contribution in [0.4, 0.5) is 28.8 Å². The number of nitrogens with one attached hydrogen (secondary N) is 2. The predicted octanol–water partition coefficient (Wildman–Crippen LogP) is 4.72. The molecule has 7 heteroatoms. The van der Waals surface area contributed by atoms with E-state index in [4.69, 9.17) is 4.52 Å². The highest BCUT2D eigenvalue weighted by Crippen LogP contribution is 2.26. The molecular weight excluding hydrogens is 340 g/mol. The molecule has 7 nitrogen and oxygen atoms in total. The minimum absolute atomic E-state index is 0.622. The zero-order valence-electron chi connectivity index (χ0n) is 16.5. The molecule has 2 heterocycles. The Bertz CT molecular complexity index is 917. The fourth-order valence-corrected chi connectivity index (χ4v) is 2.96. The van der Waals surface area contributed by atoms with Crippen molar-refractivity contribution >= 4 is 28.8 Å². The third-order valence-electron chi connectivity index (χ3n) is 4.32. The number of nitrogens with zero attached hydrogens (tertiary/aromatic N) is 4. The molecule has 0 bridgehead atoms. The summed E-state index contributed by atoms with van der Waals surface area (Å²) in [6, 6.07) is 10.1. The SMILES string of the molecule is CCN(CC)c1ccc(Nc2cc(Nc3cc(C)on3)nc(C)n2)c(C)c1. The number of aryl methyl sites for hydroxylation is 3. The van der Waals surface area contributed by atoms with Gasteiger partial charge in [-0.05, 0) is 58.4 Å². The van der Waals surface area contributed by atoms with Crippen LogP contribution in [0.5, 0.6) is 0 Å². The van der Waals surface area contributed by atoms with Crippen LogP contribution in [0.2, 0.25) is 0 Å².